The number of rotatable bonds is 4. The van der Waals surface area contributed by atoms with Gasteiger partial charge in [0.05, 0.1) is 16.9 Å². The van der Waals surface area contributed by atoms with E-state index in [9.17, 15) is 26.0 Å². The van der Waals surface area contributed by atoms with Gasteiger partial charge in [-0.15, -0.1) is 0 Å². The molecule has 3 atom stereocenters. The highest BCUT2D eigenvalue weighted by molar-refractivity contribution is 7.87. The van der Waals surface area contributed by atoms with Crippen LogP contribution in [-0.4, -0.2) is 47.3 Å². The maximum absolute atomic E-state index is 13.3. The minimum atomic E-state index is -4.62. The molecule has 2 fully saturated rings. The van der Waals surface area contributed by atoms with E-state index in [1.807, 2.05) is 18.2 Å². The molecule has 3 unspecified atom stereocenters. The molecule has 0 radical (unpaired) electrons. The van der Waals surface area contributed by atoms with Crippen LogP contribution in [0.1, 0.15) is 31.4 Å². The highest BCUT2D eigenvalue weighted by Gasteiger charge is 2.60. The summed E-state index contributed by atoms with van der Waals surface area (Å²) in [5.74, 6) is -0.687. The van der Waals surface area contributed by atoms with Crippen molar-refractivity contribution in [3.63, 3.8) is 0 Å². The molecule has 2 heterocycles. The molecule has 1 aliphatic heterocycles. The van der Waals surface area contributed by atoms with Gasteiger partial charge in [-0.05, 0) is 85.1 Å². The third kappa shape index (κ3) is 4.73. The van der Waals surface area contributed by atoms with Crippen molar-refractivity contribution in [3.8, 4) is 11.3 Å². The van der Waals surface area contributed by atoms with Crippen molar-refractivity contribution in [1.82, 2.24) is 18.8 Å². The van der Waals surface area contributed by atoms with E-state index in [2.05, 4.69) is 9.82 Å². The van der Waals surface area contributed by atoms with Gasteiger partial charge >= 0.3 is 6.18 Å². The molecule has 1 aromatic carbocycles. The quantitative estimate of drug-likeness (QED) is 0.551. The Morgan fingerprint density at radius 3 is 2.50 bits per heavy atom. The molecule has 2 bridgehead atoms. The molecule has 1 saturated carbocycles. The first kappa shape index (κ1) is 25.4. The van der Waals surface area contributed by atoms with Gasteiger partial charge in [-0.1, -0.05) is 17.7 Å². The van der Waals surface area contributed by atoms with Gasteiger partial charge in [0.1, 0.15) is 12.4 Å². The van der Waals surface area contributed by atoms with Gasteiger partial charge in [0.25, 0.3) is 10.2 Å². The molecule has 2 aromatic rings. The number of nitrogens with zero attached hydrogens (tertiary/aromatic N) is 3. The van der Waals surface area contributed by atoms with E-state index in [4.69, 9.17) is 11.6 Å². The fourth-order valence-electron chi connectivity index (χ4n) is 5.83. The zero-order valence-corrected chi connectivity index (χ0v) is 21.0. The molecule has 1 spiro atoms. The monoisotopic (exact) mass is 544 g/mol. The predicted molar refractivity (Wildman–Crippen MR) is 128 cm³/mol. The van der Waals surface area contributed by atoms with Crippen molar-refractivity contribution in [3.05, 3.63) is 58.5 Å². The summed E-state index contributed by atoms with van der Waals surface area (Å²) in [6, 6.07) is 7.97. The Bertz CT molecular complexity index is 1340. The maximum Gasteiger partial charge on any atom is 0.402 e. The van der Waals surface area contributed by atoms with Gasteiger partial charge in [0.2, 0.25) is 0 Å². The standard InChI is InChI=1S/C24H25ClF4N4O2S/c1-32-22(15-2-7-19(26)8-3-15)12-20(30-32)9-4-16-10-17-5-6-18(11-21(16)25)23(17)13-33(14-24(27,28)29)36(34,35)31-23/h2-4,7-9,12,17-18,31H,5-6,10-11,13-14H2,1H3/b9-4+. The third-order valence-electron chi connectivity index (χ3n) is 7.51. The van der Waals surface area contributed by atoms with Crippen LogP contribution in [0.4, 0.5) is 17.6 Å². The van der Waals surface area contributed by atoms with Crippen LogP contribution in [0.25, 0.3) is 17.3 Å². The average Bonchev–Trinajstić information content (AvgIpc) is 3.35. The summed E-state index contributed by atoms with van der Waals surface area (Å²) in [4.78, 5) is 0. The number of aromatic nitrogens is 2. The van der Waals surface area contributed by atoms with Crippen molar-refractivity contribution in [2.24, 2.45) is 18.9 Å². The highest BCUT2D eigenvalue weighted by atomic mass is 35.5. The largest absolute Gasteiger partial charge is 0.402 e. The Morgan fingerprint density at radius 2 is 1.83 bits per heavy atom. The summed E-state index contributed by atoms with van der Waals surface area (Å²) in [6.45, 7) is -1.72. The molecule has 36 heavy (non-hydrogen) atoms. The average molecular weight is 545 g/mol. The van der Waals surface area contributed by atoms with Gasteiger partial charge in [-0.25, -0.2) is 4.39 Å². The second-order valence-electron chi connectivity index (χ2n) is 9.76. The highest BCUT2D eigenvalue weighted by Crippen LogP contribution is 2.53. The zero-order valence-electron chi connectivity index (χ0n) is 19.4. The molecule has 0 amide bonds. The Morgan fingerprint density at radius 1 is 1.17 bits per heavy atom. The summed E-state index contributed by atoms with van der Waals surface area (Å²) in [5.41, 5.74) is 2.13. The van der Waals surface area contributed by atoms with Gasteiger partial charge in [0.15, 0.2) is 0 Å². The molecule has 5 rings (SSSR count). The fraction of sp³-hybridized carbons (Fsp3) is 0.458. The molecule has 1 N–H and O–H groups in total. The number of alkyl halides is 3. The van der Waals surface area contributed by atoms with Crippen LogP contribution < -0.4 is 4.72 Å². The smallest absolute Gasteiger partial charge is 0.267 e. The van der Waals surface area contributed by atoms with Crippen LogP contribution in [-0.2, 0) is 17.3 Å². The minimum absolute atomic E-state index is 0.176. The van der Waals surface area contributed by atoms with E-state index in [1.54, 1.807) is 23.9 Å². The first-order valence-electron chi connectivity index (χ1n) is 11.6. The lowest BCUT2D eigenvalue weighted by atomic mass is 9.79. The Kier molecular flexibility index (Phi) is 6.34. The molecule has 3 aliphatic rings. The lowest BCUT2D eigenvalue weighted by molar-refractivity contribution is -0.136. The topological polar surface area (TPSA) is 67.2 Å². The lowest BCUT2D eigenvalue weighted by Crippen LogP contribution is -2.51. The first-order valence-corrected chi connectivity index (χ1v) is 13.4. The predicted octanol–water partition coefficient (Wildman–Crippen LogP) is 5.00. The number of allylic oxidation sites excluding steroid dienone is 3. The van der Waals surface area contributed by atoms with Crippen molar-refractivity contribution in [1.29, 1.82) is 0 Å². The molecule has 1 saturated heterocycles. The summed E-state index contributed by atoms with van der Waals surface area (Å²) in [5, 5.41) is 5.07. The number of halogens is 5. The van der Waals surface area contributed by atoms with E-state index in [0.717, 1.165) is 16.8 Å². The van der Waals surface area contributed by atoms with Crippen molar-refractivity contribution in [2.45, 2.75) is 37.4 Å². The van der Waals surface area contributed by atoms with E-state index < -0.39 is 28.5 Å². The summed E-state index contributed by atoms with van der Waals surface area (Å²) in [6.07, 6.45) is 1.28. The van der Waals surface area contributed by atoms with E-state index in [0.29, 0.717) is 40.7 Å². The Labute approximate surface area is 211 Å². The number of hydrogen-bond acceptors (Lipinski definition) is 3. The molecular weight excluding hydrogens is 520 g/mol. The van der Waals surface area contributed by atoms with E-state index in [-0.39, 0.29) is 24.2 Å². The molecule has 6 nitrogen and oxygen atoms in total. The van der Waals surface area contributed by atoms with Crippen molar-refractivity contribution >= 4 is 27.9 Å². The van der Waals surface area contributed by atoms with Gasteiger partial charge in [0, 0.05) is 18.6 Å². The molecular formula is C24H25ClF4N4O2S. The van der Waals surface area contributed by atoms with Gasteiger partial charge in [-0.2, -0.15) is 35.7 Å². The van der Waals surface area contributed by atoms with E-state index >= 15 is 0 Å². The zero-order chi connectivity index (χ0) is 25.9. The summed E-state index contributed by atoms with van der Waals surface area (Å²) in [7, 11) is -2.46. The number of aryl methyl sites for hydroxylation is 1. The molecule has 1 aromatic heterocycles. The molecule has 12 heteroatoms. The van der Waals surface area contributed by atoms with Crippen LogP contribution in [0.2, 0.25) is 0 Å². The SMILES string of the molecule is Cn1nc(/C=C/C2=C(Cl)CC3CCC(C2)C32CN(CC(F)(F)F)S(=O)(=O)N2)cc1-c1ccc(F)cc1. The third-order valence-corrected chi connectivity index (χ3v) is 9.48. The normalized spacial score (nSPS) is 28.5. The number of hydrogen-bond donors (Lipinski definition) is 1. The van der Waals surface area contributed by atoms with Crippen molar-refractivity contribution < 1.29 is 26.0 Å². The van der Waals surface area contributed by atoms with Crippen LogP contribution in [0.5, 0.6) is 0 Å². The summed E-state index contributed by atoms with van der Waals surface area (Å²) < 4.78 is 82.4. The maximum atomic E-state index is 13.3. The number of benzene rings is 1. The van der Waals surface area contributed by atoms with E-state index in [1.165, 1.54) is 12.1 Å². The molecule has 2 aliphatic carbocycles. The van der Waals surface area contributed by atoms with Crippen LogP contribution in [0, 0.1) is 17.7 Å². The second-order valence-corrected chi connectivity index (χ2v) is 11.9. The summed E-state index contributed by atoms with van der Waals surface area (Å²) >= 11 is 6.67. The van der Waals surface area contributed by atoms with Gasteiger partial charge in [-0.3, -0.25) is 4.68 Å². The van der Waals surface area contributed by atoms with Crippen LogP contribution >= 0.6 is 11.6 Å². The fourth-order valence-corrected chi connectivity index (χ4v) is 7.86. The molecule has 194 valence electrons. The van der Waals surface area contributed by atoms with Crippen LogP contribution in [0.15, 0.2) is 47.0 Å². The van der Waals surface area contributed by atoms with Crippen LogP contribution in [0.3, 0.4) is 0 Å². The van der Waals surface area contributed by atoms with Crippen molar-refractivity contribution in [2.75, 3.05) is 13.1 Å². The first-order chi connectivity index (χ1) is 16.9. The second kappa shape index (κ2) is 8.97. The number of nitrogens with one attached hydrogen (secondary N) is 1. The minimum Gasteiger partial charge on any atom is -0.267 e. The van der Waals surface area contributed by atoms with Gasteiger partial charge < -0.3 is 0 Å². The lowest BCUT2D eigenvalue weighted by Gasteiger charge is -2.34. The Hall–Kier alpha value is -2.21. The Balaban J connectivity index is 1.37.